The van der Waals surface area contributed by atoms with Crippen molar-refractivity contribution in [1.29, 1.82) is 0 Å². The summed E-state index contributed by atoms with van der Waals surface area (Å²) in [5, 5.41) is 12.0. The van der Waals surface area contributed by atoms with Crippen molar-refractivity contribution in [3.05, 3.63) is 59.8 Å². The minimum Gasteiger partial charge on any atom is -0.497 e. The van der Waals surface area contributed by atoms with E-state index in [0.717, 1.165) is 44.0 Å². The van der Waals surface area contributed by atoms with Gasteiger partial charge in [-0.2, -0.15) is 13.2 Å². The number of carbonyl (C=O) groups is 1. The number of aromatic nitrogens is 1. The fraction of sp³-hybridized carbons (Fsp3) is 0.348. The fourth-order valence-electron chi connectivity index (χ4n) is 3.67. The first-order chi connectivity index (χ1) is 15.3. The number of benzene rings is 2. The number of ether oxygens (including phenoxy) is 2. The van der Waals surface area contributed by atoms with E-state index in [2.05, 4.69) is 34.1 Å². The average Bonchev–Trinajstić information content (AvgIpc) is 3.11. The van der Waals surface area contributed by atoms with E-state index in [1.165, 1.54) is 22.2 Å². The highest BCUT2D eigenvalue weighted by Crippen LogP contribution is 2.28. The smallest absolute Gasteiger partial charge is 0.490 e. The molecule has 2 aromatic carbocycles. The molecule has 1 aliphatic rings. The summed E-state index contributed by atoms with van der Waals surface area (Å²) in [4.78, 5) is 8.90. The third-order valence-corrected chi connectivity index (χ3v) is 5.14. The number of halogens is 3. The molecule has 0 saturated heterocycles. The highest BCUT2D eigenvalue weighted by atomic mass is 19.4. The molecule has 1 aromatic heterocycles. The summed E-state index contributed by atoms with van der Waals surface area (Å²) in [6.45, 7) is 3.72. The van der Waals surface area contributed by atoms with Crippen LogP contribution in [0.4, 0.5) is 13.2 Å². The SMILES string of the molecule is COc1ccc(OCCCn2c3c(c4ccccc42)CCNC3)cc1.O=C(O)C(F)(F)F. The van der Waals surface area contributed by atoms with Crippen molar-refractivity contribution in [2.75, 3.05) is 20.3 Å². The molecule has 0 bridgehead atoms. The van der Waals surface area contributed by atoms with Gasteiger partial charge < -0.3 is 24.5 Å². The van der Waals surface area contributed by atoms with E-state index in [0.29, 0.717) is 6.61 Å². The molecular formula is C23H25F3N2O4. The molecule has 0 unspecified atom stereocenters. The van der Waals surface area contributed by atoms with Crippen molar-refractivity contribution in [2.24, 2.45) is 0 Å². The van der Waals surface area contributed by atoms with E-state index in [-0.39, 0.29) is 0 Å². The van der Waals surface area contributed by atoms with Crippen molar-refractivity contribution < 1.29 is 32.5 Å². The summed E-state index contributed by atoms with van der Waals surface area (Å²) in [5.41, 5.74) is 4.31. The Kier molecular flexibility index (Phi) is 7.63. The van der Waals surface area contributed by atoms with Gasteiger partial charge in [-0.05, 0) is 55.3 Å². The molecule has 0 aliphatic carbocycles. The van der Waals surface area contributed by atoms with Crippen LogP contribution in [-0.2, 0) is 24.3 Å². The summed E-state index contributed by atoms with van der Waals surface area (Å²) in [6, 6.07) is 16.5. The van der Waals surface area contributed by atoms with Crippen LogP contribution in [-0.4, -0.2) is 42.1 Å². The van der Waals surface area contributed by atoms with Crippen LogP contribution < -0.4 is 14.8 Å². The van der Waals surface area contributed by atoms with E-state index in [4.69, 9.17) is 19.4 Å². The van der Waals surface area contributed by atoms with Crippen LogP contribution in [0.5, 0.6) is 11.5 Å². The van der Waals surface area contributed by atoms with Gasteiger partial charge in [0.15, 0.2) is 0 Å². The fourth-order valence-corrected chi connectivity index (χ4v) is 3.67. The maximum atomic E-state index is 10.6. The van der Waals surface area contributed by atoms with Crippen LogP contribution in [0, 0.1) is 0 Å². The Morgan fingerprint density at radius 2 is 1.78 bits per heavy atom. The lowest BCUT2D eigenvalue weighted by Crippen LogP contribution is -2.25. The van der Waals surface area contributed by atoms with Crippen molar-refractivity contribution in [3.8, 4) is 11.5 Å². The predicted molar refractivity (Wildman–Crippen MR) is 114 cm³/mol. The highest BCUT2D eigenvalue weighted by Gasteiger charge is 2.38. The number of alkyl halides is 3. The van der Waals surface area contributed by atoms with Crippen LogP contribution in [0.2, 0.25) is 0 Å². The number of nitrogens with one attached hydrogen (secondary N) is 1. The van der Waals surface area contributed by atoms with Crippen LogP contribution in [0.1, 0.15) is 17.7 Å². The minimum absolute atomic E-state index is 0.709. The Balaban J connectivity index is 0.000000360. The molecule has 0 fully saturated rings. The zero-order valence-corrected chi connectivity index (χ0v) is 17.6. The Labute approximate surface area is 183 Å². The number of carboxylic acids is 1. The summed E-state index contributed by atoms with van der Waals surface area (Å²) in [5.74, 6) is -1.01. The Morgan fingerprint density at radius 1 is 1.12 bits per heavy atom. The maximum absolute atomic E-state index is 10.6. The minimum atomic E-state index is -5.08. The summed E-state index contributed by atoms with van der Waals surface area (Å²) in [6.07, 6.45) is -2.98. The maximum Gasteiger partial charge on any atom is 0.490 e. The van der Waals surface area contributed by atoms with Gasteiger partial charge in [0.05, 0.1) is 13.7 Å². The van der Waals surface area contributed by atoms with E-state index >= 15 is 0 Å². The lowest BCUT2D eigenvalue weighted by Gasteiger charge is -2.17. The molecule has 2 N–H and O–H groups in total. The normalized spacial score (nSPS) is 13.1. The molecule has 0 saturated carbocycles. The highest BCUT2D eigenvalue weighted by molar-refractivity contribution is 5.85. The van der Waals surface area contributed by atoms with Gasteiger partial charge in [0.25, 0.3) is 0 Å². The Bertz CT molecular complexity index is 1050. The quantitative estimate of drug-likeness (QED) is 0.545. The average molecular weight is 450 g/mol. The van der Waals surface area contributed by atoms with Gasteiger partial charge in [-0.15, -0.1) is 0 Å². The number of methoxy groups -OCH3 is 1. The molecule has 6 nitrogen and oxygen atoms in total. The monoisotopic (exact) mass is 450 g/mol. The molecule has 2 heterocycles. The second kappa shape index (κ2) is 10.4. The number of hydrogen-bond donors (Lipinski definition) is 2. The van der Waals surface area contributed by atoms with Gasteiger partial charge in [0.1, 0.15) is 11.5 Å². The molecule has 9 heteroatoms. The van der Waals surface area contributed by atoms with Gasteiger partial charge in [-0.25, -0.2) is 4.79 Å². The second-order valence-electron chi connectivity index (χ2n) is 7.20. The first-order valence-corrected chi connectivity index (χ1v) is 10.2. The van der Waals surface area contributed by atoms with Crippen LogP contribution in [0.15, 0.2) is 48.5 Å². The van der Waals surface area contributed by atoms with Gasteiger partial charge in [0.2, 0.25) is 0 Å². The number of fused-ring (bicyclic) bond motifs is 3. The Morgan fingerprint density at radius 3 is 2.44 bits per heavy atom. The molecule has 0 atom stereocenters. The van der Waals surface area contributed by atoms with Crippen molar-refractivity contribution >= 4 is 16.9 Å². The predicted octanol–water partition coefficient (Wildman–Crippen LogP) is 4.40. The number of nitrogens with zero attached hydrogens (tertiary/aromatic N) is 1. The van der Waals surface area contributed by atoms with Crippen molar-refractivity contribution in [1.82, 2.24) is 9.88 Å². The molecular weight excluding hydrogens is 425 g/mol. The number of rotatable bonds is 6. The van der Waals surface area contributed by atoms with E-state index in [1.807, 2.05) is 24.3 Å². The second-order valence-corrected chi connectivity index (χ2v) is 7.20. The van der Waals surface area contributed by atoms with Crippen molar-refractivity contribution in [3.63, 3.8) is 0 Å². The number of para-hydroxylation sites is 1. The summed E-state index contributed by atoms with van der Waals surface area (Å²) in [7, 11) is 1.67. The summed E-state index contributed by atoms with van der Waals surface area (Å²) >= 11 is 0. The standard InChI is InChI=1S/C21H24N2O2.C2HF3O2/c1-24-16-7-9-17(10-8-16)25-14-4-13-23-20-6-3-2-5-18(20)19-11-12-22-15-21(19)23;3-2(4,5)1(6)7/h2-3,5-10,22H,4,11-15H2,1H3;(H,6,7). The molecule has 32 heavy (non-hydrogen) atoms. The summed E-state index contributed by atoms with van der Waals surface area (Å²) < 4.78 is 45.3. The zero-order chi connectivity index (χ0) is 23.1. The van der Waals surface area contributed by atoms with Crippen LogP contribution >= 0.6 is 0 Å². The van der Waals surface area contributed by atoms with Crippen molar-refractivity contribution in [2.45, 2.75) is 32.1 Å². The molecule has 172 valence electrons. The molecule has 1 aliphatic heterocycles. The largest absolute Gasteiger partial charge is 0.497 e. The molecule has 0 amide bonds. The molecule has 0 spiro atoms. The molecule has 0 radical (unpaired) electrons. The van der Waals surface area contributed by atoms with E-state index < -0.39 is 12.1 Å². The zero-order valence-electron chi connectivity index (χ0n) is 17.6. The third-order valence-electron chi connectivity index (χ3n) is 5.14. The molecule has 3 aromatic rings. The number of aryl methyl sites for hydroxylation is 1. The number of aliphatic carboxylic acids is 1. The van der Waals surface area contributed by atoms with Crippen LogP contribution in [0.25, 0.3) is 10.9 Å². The number of carboxylic acid groups (broad SMARTS) is 1. The van der Waals surface area contributed by atoms with E-state index in [9.17, 15) is 13.2 Å². The van der Waals surface area contributed by atoms with E-state index in [1.54, 1.807) is 7.11 Å². The lowest BCUT2D eigenvalue weighted by atomic mass is 10.1. The Hall–Kier alpha value is -3.20. The van der Waals surface area contributed by atoms with Crippen LogP contribution in [0.3, 0.4) is 0 Å². The van der Waals surface area contributed by atoms with Gasteiger partial charge in [0, 0.05) is 29.7 Å². The first kappa shape index (κ1) is 23.5. The van der Waals surface area contributed by atoms with Gasteiger partial charge in [-0.1, -0.05) is 18.2 Å². The van der Waals surface area contributed by atoms with Gasteiger partial charge >= 0.3 is 12.1 Å². The lowest BCUT2D eigenvalue weighted by molar-refractivity contribution is -0.192. The molecule has 4 rings (SSSR count). The topological polar surface area (TPSA) is 72.7 Å². The number of hydrogen-bond acceptors (Lipinski definition) is 4. The first-order valence-electron chi connectivity index (χ1n) is 10.2. The third kappa shape index (κ3) is 5.73. The van der Waals surface area contributed by atoms with Gasteiger partial charge in [-0.3, -0.25) is 0 Å².